The van der Waals surface area contributed by atoms with Gasteiger partial charge in [0.2, 0.25) is 15.9 Å². The van der Waals surface area contributed by atoms with Crippen molar-refractivity contribution in [2.75, 3.05) is 19.5 Å². The SMILES string of the molecule is COc1ccc(Br)cc1CN(C)[C@@H](C)C(=O)Nc1ccc(S(=O)(=O)NC(C)C)cc1. The van der Waals surface area contributed by atoms with Crippen molar-refractivity contribution in [3.63, 3.8) is 0 Å². The van der Waals surface area contributed by atoms with Crippen LogP contribution in [0.4, 0.5) is 5.69 Å². The van der Waals surface area contributed by atoms with Gasteiger partial charge in [-0.1, -0.05) is 15.9 Å². The molecule has 0 radical (unpaired) electrons. The van der Waals surface area contributed by atoms with Crippen LogP contribution >= 0.6 is 15.9 Å². The molecule has 0 heterocycles. The van der Waals surface area contributed by atoms with Gasteiger partial charge in [0.25, 0.3) is 0 Å². The first-order chi connectivity index (χ1) is 14.0. The number of carbonyl (C=O) groups excluding carboxylic acids is 1. The second-order valence-electron chi connectivity index (χ2n) is 7.34. The van der Waals surface area contributed by atoms with Gasteiger partial charge in [-0.3, -0.25) is 9.69 Å². The molecule has 0 bridgehead atoms. The second-order valence-corrected chi connectivity index (χ2v) is 9.97. The maximum Gasteiger partial charge on any atom is 0.241 e. The Morgan fingerprint density at radius 3 is 2.33 bits per heavy atom. The van der Waals surface area contributed by atoms with Crippen LogP contribution in [0.3, 0.4) is 0 Å². The highest BCUT2D eigenvalue weighted by Gasteiger charge is 2.20. The summed E-state index contributed by atoms with van der Waals surface area (Å²) in [6.07, 6.45) is 0. The van der Waals surface area contributed by atoms with Gasteiger partial charge in [-0.15, -0.1) is 0 Å². The molecule has 0 fully saturated rings. The van der Waals surface area contributed by atoms with Crippen molar-refractivity contribution in [2.24, 2.45) is 0 Å². The van der Waals surface area contributed by atoms with Gasteiger partial charge in [-0.25, -0.2) is 13.1 Å². The summed E-state index contributed by atoms with van der Waals surface area (Å²) in [6.45, 7) is 5.85. The number of ether oxygens (including phenoxy) is 1. The van der Waals surface area contributed by atoms with E-state index in [4.69, 9.17) is 4.74 Å². The smallest absolute Gasteiger partial charge is 0.241 e. The summed E-state index contributed by atoms with van der Waals surface area (Å²) in [5, 5.41) is 2.83. The Labute approximate surface area is 187 Å². The number of sulfonamides is 1. The van der Waals surface area contributed by atoms with Crippen LogP contribution in [0.15, 0.2) is 51.8 Å². The third-order valence-corrected chi connectivity index (χ3v) is 6.69. The van der Waals surface area contributed by atoms with Crippen molar-refractivity contribution in [3.05, 3.63) is 52.5 Å². The van der Waals surface area contributed by atoms with Crippen LogP contribution in [0.25, 0.3) is 0 Å². The largest absolute Gasteiger partial charge is 0.496 e. The second kappa shape index (κ2) is 10.4. The Bertz CT molecular complexity index is 978. The van der Waals surface area contributed by atoms with Gasteiger partial charge < -0.3 is 10.1 Å². The molecule has 30 heavy (non-hydrogen) atoms. The van der Waals surface area contributed by atoms with Gasteiger partial charge in [0.15, 0.2) is 0 Å². The van der Waals surface area contributed by atoms with E-state index in [0.29, 0.717) is 12.2 Å². The number of hydrogen-bond donors (Lipinski definition) is 2. The Morgan fingerprint density at radius 2 is 1.77 bits per heavy atom. The van der Waals surface area contributed by atoms with E-state index in [1.54, 1.807) is 33.1 Å². The van der Waals surface area contributed by atoms with Crippen molar-refractivity contribution in [2.45, 2.75) is 44.3 Å². The molecule has 0 unspecified atom stereocenters. The number of halogens is 1. The number of likely N-dealkylation sites (N-methyl/N-ethyl adjacent to an activating group) is 1. The van der Waals surface area contributed by atoms with E-state index in [2.05, 4.69) is 26.0 Å². The molecule has 2 rings (SSSR count). The molecule has 0 spiro atoms. The van der Waals surface area contributed by atoms with E-state index in [1.165, 1.54) is 12.1 Å². The van der Waals surface area contributed by atoms with Gasteiger partial charge in [-0.2, -0.15) is 0 Å². The van der Waals surface area contributed by atoms with Crippen LogP contribution in [-0.4, -0.2) is 45.5 Å². The summed E-state index contributed by atoms with van der Waals surface area (Å²) in [7, 11) is -0.0925. The van der Waals surface area contributed by atoms with Gasteiger partial charge in [-0.05, 0) is 70.3 Å². The number of anilines is 1. The third kappa shape index (κ3) is 6.53. The fourth-order valence-electron chi connectivity index (χ4n) is 2.82. The summed E-state index contributed by atoms with van der Waals surface area (Å²) in [6, 6.07) is 11.2. The quantitative estimate of drug-likeness (QED) is 0.552. The van der Waals surface area contributed by atoms with Crippen LogP contribution in [0.5, 0.6) is 5.75 Å². The van der Waals surface area contributed by atoms with E-state index in [9.17, 15) is 13.2 Å². The summed E-state index contributed by atoms with van der Waals surface area (Å²) >= 11 is 3.46. The third-order valence-electron chi connectivity index (χ3n) is 4.53. The topological polar surface area (TPSA) is 87.7 Å². The first kappa shape index (κ1) is 24.3. The average molecular weight is 498 g/mol. The number of hydrogen-bond acceptors (Lipinski definition) is 5. The summed E-state index contributed by atoms with van der Waals surface area (Å²) in [5.74, 6) is 0.562. The Morgan fingerprint density at radius 1 is 1.13 bits per heavy atom. The van der Waals surface area contributed by atoms with Crippen LogP contribution in [0, 0.1) is 0 Å². The van der Waals surface area contributed by atoms with Crippen molar-refractivity contribution in [3.8, 4) is 5.75 Å². The van der Waals surface area contributed by atoms with E-state index in [0.717, 1.165) is 15.8 Å². The fourth-order valence-corrected chi connectivity index (χ4v) is 4.48. The zero-order chi connectivity index (χ0) is 22.5. The number of amides is 1. The summed E-state index contributed by atoms with van der Waals surface area (Å²) < 4.78 is 33.3. The molecule has 7 nitrogen and oxygen atoms in total. The normalized spacial score (nSPS) is 12.8. The lowest BCUT2D eigenvalue weighted by Gasteiger charge is -2.25. The molecular formula is C21H28BrN3O4S. The molecule has 1 atom stereocenters. The van der Waals surface area contributed by atoms with Gasteiger partial charge in [0.1, 0.15) is 5.75 Å². The molecule has 0 aromatic heterocycles. The standard InChI is InChI=1S/C21H28BrN3O4S/c1-14(2)24-30(27,28)19-9-7-18(8-10-19)23-21(26)15(3)25(4)13-16-12-17(22)6-11-20(16)29-5/h6-12,14-15,24H,13H2,1-5H3,(H,23,26)/t15-/m0/s1. The van der Waals surface area contributed by atoms with Crippen molar-refractivity contribution in [1.29, 1.82) is 0 Å². The minimum absolute atomic E-state index is 0.154. The first-order valence-corrected chi connectivity index (χ1v) is 11.8. The highest BCUT2D eigenvalue weighted by atomic mass is 79.9. The fraction of sp³-hybridized carbons (Fsp3) is 0.381. The Balaban J connectivity index is 2.04. The average Bonchev–Trinajstić information content (AvgIpc) is 2.67. The van der Waals surface area contributed by atoms with Crippen LogP contribution in [-0.2, 0) is 21.4 Å². The van der Waals surface area contributed by atoms with Gasteiger partial charge in [0.05, 0.1) is 18.0 Å². The van der Waals surface area contributed by atoms with Crippen molar-refractivity contribution in [1.82, 2.24) is 9.62 Å². The predicted molar refractivity (Wildman–Crippen MR) is 122 cm³/mol. The van der Waals surface area contributed by atoms with Crippen molar-refractivity contribution >= 4 is 37.5 Å². The highest BCUT2D eigenvalue weighted by molar-refractivity contribution is 9.10. The van der Waals surface area contributed by atoms with Gasteiger partial charge >= 0.3 is 0 Å². The van der Waals surface area contributed by atoms with E-state index in [1.807, 2.05) is 37.1 Å². The Hall–Kier alpha value is -1.94. The lowest BCUT2D eigenvalue weighted by molar-refractivity contribution is -0.120. The number of carbonyl (C=O) groups is 1. The van der Waals surface area contributed by atoms with E-state index >= 15 is 0 Å². The number of methoxy groups -OCH3 is 1. The van der Waals surface area contributed by atoms with Crippen LogP contribution < -0.4 is 14.8 Å². The zero-order valence-corrected chi connectivity index (χ0v) is 20.2. The molecule has 9 heteroatoms. The molecule has 0 aliphatic rings. The zero-order valence-electron chi connectivity index (χ0n) is 17.8. The molecule has 2 N–H and O–H groups in total. The molecule has 0 aliphatic heterocycles. The minimum atomic E-state index is -3.57. The maximum atomic E-state index is 12.7. The number of nitrogens with zero attached hydrogens (tertiary/aromatic N) is 1. The Kier molecular flexibility index (Phi) is 8.42. The molecule has 1 amide bonds. The van der Waals surface area contributed by atoms with E-state index in [-0.39, 0.29) is 16.8 Å². The lowest BCUT2D eigenvalue weighted by Crippen LogP contribution is -2.39. The molecule has 0 aliphatic carbocycles. The van der Waals surface area contributed by atoms with Gasteiger partial charge in [0, 0.05) is 28.3 Å². The monoisotopic (exact) mass is 497 g/mol. The predicted octanol–water partition coefficient (Wildman–Crippen LogP) is 3.60. The van der Waals surface area contributed by atoms with E-state index < -0.39 is 16.1 Å². The number of benzene rings is 2. The molecule has 0 saturated carbocycles. The first-order valence-electron chi connectivity index (χ1n) is 9.49. The molecule has 2 aromatic carbocycles. The molecular weight excluding hydrogens is 470 g/mol. The highest BCUT2D eigenvalue weighted by Crippen LogP contribution is 2.24. The number of rotatable bonds is 9. The van der Waals surface area contributed by atoms with Crippen LogP contribution in [0.2, 0.25) is 0 Å². The molecule has 164 valence electrons. The van der Waals surface area contributed by atoms with Crippen LogP contribution in [0.1, 0.15) is 26.3 Å². The summed E-state index contributed by atoms with van der Waals surface area (Å²) in [5.41, 5.74) is 1.49. The lowest BCUT2D eigenvalue weighted by atomic mass is 10.1. The summed E-state index contributed by atoms with van der Waals surface area (Å²) in [4.78, 5) is 14.7. The number of nitrogens with one attached hydrogen (secondary N) is 2. The maximum absolute atomic E-state index is 12.7. The molecule has 0 saturated heterocycles. The minimum Gasteiger partial charge on any atom is -0.496 e. The molecule has 2 aromatic rings. The van der Waals surface area contributed by atoms with Crippen molar-refractivity contribution < 1.29 is 17.9 Å².